The third-order valence-electron chi connectivity index (χ3n) is 2.97. The molecule has 2 nitrogen and oxygen atoms in total. The molecule has 0 aromatic heterocycles. The van der Waals surface area contributed by atoms with Gasteiger partial charge in [0.1, 0.15) is 5.75 Å². The fraction of sp³-hybridized carbons (Fsp3) is 0.200. The molecule has 0 saturated carbocycles. The highest BCUT2D eigenvalue weighted by Gasteiger charge is 2.05. The van der Waals surface area contributed by atoms with Crippen molar-refractivity contribution in [2.75, 3.05) is 5.32 Å². The van der Waals surface area contributed by atoms with Crippen LogP contribution in [0.1, 0.15) is 16.7 Å². The van der Waals surface area contributed by atoms with Gasteiger partial charge in [-0.25, -0.2) is 8.78 Å². The maximum absolute atomic E-state index is 13.0. The Morgan fingerprint density at radius 1 is 1.00 bits per heavy atom. The first-order chi connectivity index (χ1) is 8.97. The summed E-state index contributed by atoms with van der Waals surface area (Å²) in [7, 11) is 0. The van der Waals surface area contributed by atoms with Crippen LogP contribution in [-0.4, -0.2) is 5.11 Å². The van der Waals surface area contributed by atoms with E-state index < -0.39 is 11.6 Å². The van der Waals surface area contributed by atoms with Crippen molar-refractivity contribution < 1.29 is 13.9 Å². The van der Waals surface area contributed by atoms with Crippen LogP contribution in [0.2, 0.25) is 0 Å². The number of aryl methyl sites for hydroxylation is 2. The van der Waals surface area contributed by atoms with Crippen molar-refractivity contribution in [2.24, 2.45) is 0 Å². The van der Waals surface area contributed by atoms with Crippen molar-refractivity contribution in [3.05, 3.63) is 58.7 Å². The minimum absolute atomic E-state index is 0.288. The molecule has 0 fully saturated rings. The molecule has 0 radical (unpaired) electrons. The number of benzene rings is 2. The monoisotopic (exact) mass is 263 g/mol. The van der Waals surface area contributed by atoms with Crippen LogP contribution in [0, 0.1) is 25.5 Å². The Balaban J connectivity index is 2.12. The molecule has 2 N–H and O–H groups in total. The summed E-state index contributed by atoms with van der Waals surface area (Å²) in [4.78, 5) is 0. The first kappa shape index (κ1) is 13.3. The molecule has 19 heavy (non-hydrogen) atoms. The number of phenols is 1. The maximum atomic E-state index is 13.0. The van der Waals surface area contributed by atoms with Crippen LogP contribution >= 0.6 is 0 Å². The average Bonchev–Trinajstić information content (AvgIpc) is 2.37. The highest BCUT2D eigenvalue weighted by Crippen LogP contribution is 2.23. The lowest BCUT2D eigenvalue weighted by atomic mass is 10.1. The van der Waals surface area contributed by atoms with E-state index in [0.29, 0.717) is 12.2 Å². The Morgan fingerprint density at radius 3 is 2.21 bits per heavy atom. The number of nitrogens with one attached hydrogen (secondary N) is 1. The molecular weight excluding hydrogens is 248 g/mol. The predicted molar refractivity (Wildman–Crippen MR) is 71.3 cm³/mol. The van der Waals surface area contributed by atoms with Crippen molar-refractivity contribution in [3.8, 4) is 5.75 Å². The number of rotatable bonds is 3. The molecular formula is C15H15F2NO. The Morgan fingerprint density at radius 2 is 1.63 bits per heavy atom. The third-order valence-corrected chi connectivity index (χ3v) is 2.97. The molecule has 0 heterocycles. The zero-order valence-electron chi connectivity index (χ0n) is 10.8. The van der Waals surface area contributed by atoms with Gasteiger partial charge in [-0.1, -0.05) is 12.1 Å². The number of aromatic hydroxyl groups is 1. The molecule has 0 amide bonds. The lowest BCUT2D eigenvalue weighted by Crippen LogP contribution is -2.01. The molecule has 0 aliphatic rings. The molecule has 0 unspecified atom stereocenters. The van der Waals surface area contributed by atoms with Crippen LogP contribution in [0.15, 0.2) is 30.3 Å². The molecule has 0 atom stereocenters. The zero-order valence-corrected chi connectivity index (χ0v) is 10.8. The Hall–Kier alpha value is -2.10. The van der Waals surface area contributed by atoms with Gasteiger partial charge in [0.05, 0.1) is 0 Å². The summed E-state index contributed by atoms with van der Waals surface area (Å²) in [6, 6.07) is 7.41. The summed E-state index contributed by atoms with van der Waals surface area (Å²) in [6.45, 7) is 4.12. The van der Waals surface area contributed by atoms with Gasteiger partial charge in [-0.2, -0.15) is 0 Å². The molecule has 0 saturated heterocycles. The predicted octanol–water partition coefficient (Wildman–Crippen LogP) is 3.90. The number of anilines is 1. The Labute approximate surface area is 110 Å². The van der Waals surface area contributed by atoms with E-state index in [9.17, 15) is 13.9 Å². The van der Waals surface area contributed by atoms with E-state index in [2.05, 4.69) is 5.32 Å². The summed E-state index contributed by atoms with van der Waals surface area (Å²) >= 11 is 0. The number of halogens is 2. The quantitative estimate of drug-likeness (QED) is 0.880. The number of hydrogen-bond acceptors (Lipinski definition) is 2. The van der Waals surface area contributed by atoms with E-state index in [4.69, 9.17) is 0 Å². The number of phenolic OH excluding ortho intramolecular Hbond substituents is 1. The van der Waals surface area contributed by atoms with Crippen LogP contribution < -0.4 is 5.32 Å². The SMILES string of the molecule is Cc1cc(CNc2ccc(F)c(F)c2)cc(C)c1O. The Bertz CT molecular complexity index is 588. The summed E-state index contributed by atoms with van der Waals surface area (Å²) in [5.74, 6) is -1.44. The number of hydrogen-bond donors (Lipinski definition) is 2. The molecule has 0 spiro atoms. The van der Waals surface area contributed by atoms with E-state index in [-0.39, 0.29) is 5.75 Å². The molecule has 0 aliphatic heterocycles. The summed E-state index contributed by atoms with van der Waals surface area (Å²) < 4.78 is 25.8. The van der Waals surface area contributed by atoms with Crippen LogP contribution in [0.5, 0.6) is 5.75 Å². The van der Waals surface area contributed by atoms with Crippen LogP contribution in [0.3, 0.4) is 0 Å². The van der Waals surface area contributed by atoms with Gasteiger partial charge >= 0.3 is 0 Å². The van der Waals surface area contributed by atoms with Crippen molar-refractivity contribution in [1.82, 2.24) is 0 Å². The maximum Gasteiger partial charge on any atom is 0.160 e. The van der Waals surface area contributed by atoms with Gasteiger partial charge in [0.25, 0.3) is 0 Å². The minimum Gasteiger partial charge on any atom is -0.507 e. The molecule has 100 valence electrons. The third kappa shape index (κ3) is 3.02. The van der Waals surface area contributed by atoms with E-state index in [0.717, 1.165) is 28.8 Å². The van der Waals surface area contributed by atoms with Crippen molar-refractivity contribution in [2.45, 2.75) is 20.4 Å². The normalized spacial score (nSPS) is 10.5. The van der Waals surface area contributed by atoms with E-state index in [1.165, 1.54) is 6.07 Å². The molecule has 2 rings (SSSR count). The van der Waals surface area contributed by atoms with Gasteiger partial charge in [0, 0.05) is 18.3 Å². The molecule has 2 aromatic carbocycles. The highest BCUT2D eigenvalue weighted by molar-refractivity contribution is 5.46. The van der Waals surface area contributed by atoms with Crippen LogP contribution in [0.4, 0.5) is 14.5 Å². The van der Waals surface area contributed by atoms with Gasteiger partial charge in [0.2, 0.25) is 0 Å². The van der Waals surface area contributed by atoms with E-state index in [1.807, 2.05) is 26.0 Å². The summed E-state index contributed by atoms with van der Waals surface area (Å²) in [6.07, 6.45) is 0. The molecule has 4 heteroatoms. The zero-order chi connectivity index (χ0) is 14.0. The Kier molecular flexibility index (Phi) is 3.69. The van der Waals surface area contributed by atoms with Crippen molar-refractivity contribution >= 4 is 5.69 Å². The van der Waals surface area contributed by atoms with Gasteiger partial charge in [0.15, 0.2) is 11.6 Å². The lowest BCUT2D eigenvalue weighted by molar-refractivity contribution is 0.466. The van der Waals surface area contributed by atoms with E-state index in [1.54, 1.807) is 0 Å². The first-order valence-corrected chi connectivity index (χ1v) is 5.95. The fourth-order valence-electron chi connectivity index (χ4n) is 1.96. The minimum atomic E-state index is -0.872. The second kappa shape index (κ2) is 5.26. The topological polar surface area (TPSA) is 32.3 Å². The van der Waals surface area contributed by atoms with Gasteiger partial charge < -0.3 is 10.4 Å². The van der Waals surface area contributed by atoms with Crippen molar-refractivity contribution in [1.29, 1.82) is 0 Å². The second-order valence-electron chi connectivity index (χ2n) is 4.56. The molecule has 0 aliphatic carbocycles. The van der Waals surface area contributed by atoms with E-state index >= 15 is 0 Å². The first-order valence-electron chi connectivity index (χ1n) is 5.95. The van der Waals surface area contributed by atoms with Crippen molar-refractivity contribution in [3.63, 3.8) is 0 Å². The lowest BCUT2D eigenvalue weighted by Gasteiger charge is -2.10. The smallest absolute Gasteiger partial charge is 0.160 e. The van der Waals surface area contributed by atoms with Gasteiger partial charge in [-0.15, -0.1) is 0 Å². The largest absolute Gasteiger partial charge is 0.507 e. The standard InChI is InChI=1S/C15H15F2NO/c1-9-5-11(6-10(2)15(9)19)8-18-12-3-4-13(16)14(17)7-12/h3-7,18-19H,8H2,1-2H3. The van der Waals surface area contributed by atoms with Crippen LogP contribution in [-0.2, 0) is 6.54 Å². The molecule has 0 bridgehead atoms. The fourth-order valence-corrected chi connectivity index (χ4v) is 1.96. The summed E-state index contributed by atoms with van der Waals surface area (Å²) in [5, 5.41) is 12.7. The molecule has 2 aromatic rings. The van der Waals surface area contributed by atoms with Gasteiger partial charge in [-0.3, -0.25) is 0 Å². The summed E-state index contributed by atoms with van der Waals surface area (Å²) in [5.41, 5.74) is 3.07. The highest BCUT2D eigenvalue weighted by atomic mass is 19.2. The second-order valence-corrected chi connectivity index (χ2v) is 4.56. The average molecular weight is 263 g/mol. The van der Waals surface area contributed by atoms with Gasteiger partial charge in [-0.05, 0) is 42.7 Å². The van der Waals surface area contributed by atoms with Crippen LogP contribution in [0.25, 0.3) is 0 Å².